The summed E-state index contributed by atoms with van der Waals surface area (Å²) in [6, 6.07) is 6.83. The van der Waals surface area contributed by atoms with Crippen molar-refractivity contribution >= 4 is 9.84 Å². The van der Waals surface area contributed by atoms with Crippen LogP contribution >= 0.6 is 0 Å². The lowest BCUT2D eigenvalue weighted by atomic mass is 10.2. The van der Waals surface area contributed by atoms with Crippen molar-refractivity contribution in [3.05, 3.63) is 29.8 Å². The molecule has 0 unspecified atom stereocenters. The van der Waals surface area contributed by atoms with Crippen molar-refractivity contribution < 1.29 is 13.5 Å². The van der Waals surface area contributed by atoms with E-state index in [-0.39, 0.29) is 6.61 Å². The van der Waals surface area contributed by atoms with Crippen LogP contribution in [0.3, 0.4) is 0 Å². The molecule has 0 radical (unpaired) electrons. The molecule has 0 aliphatic rings. The molecular formula is C11H16O3S. The van der Waals surface area contributed by atoms with Crippen molar-refractivity contribution in [1.82, 2.24) is 0 Å². The van der Waals surface area contributed by atoms with Crippen LogP contribution in [0.1, 0.15) is 19.4 Å². The molecule has 0 saturated carbocycles. The Bertz CT molecular complexity index is 421. The Balaban J connectivity index is 3.25. The normalized spacial score (nSPS) is 12.0. The quantitative estimate of drug-likeness (QED) is 0.847. The summed E-state index contributed by atoms with van der Waals surface area (Å²) >= 11 is 0. The number of aliphatic hydroxyl groups excluding tert-OH is 1. The van der Waals surface area contributed by atoms with E-state index in [0.717, 1.165) is 0 Å². The van der Waals surface area contributed by atoms with Gasteiger partial charge in [0.15, 0.2) is 9.84 Å². The molecule has 1 aromatic carbocycles. The summed E-state index contributed by atoms with van der Waals surface area (Å²) in [7, 11) is -3.24. The lowest BCUT2D eigenvalue weighted by Gasteiger charge is -2.11. The summed E-state index contributed by atoms with van der Waals surface area (Å²) in [6.07, 6.45) is 0.377. The maximum atomic E-state index is 11.9. The van der Waals surface area contributed by atoms with E-state index >= 15 is 0 Å². The fourth-order valence-corrected chi connectivity index (χ4v) is 2.67. The van der Waals surface area contributed by atoms with Crippen LogP contribution in [-0.2, 0) is 16.3 Å². The molecule has 0 fully saturated rings. The average molecular weight is 228 g/mol. The fourth-order valence-electron chi connectivity index (χ4n) is 1.36. The molecule has 0 aliphatic carbocycles. The summed E-state index contributed by atoms with van der Waals surface area (Å²) < 4.78 is 23.9. The number of aliphatic hydroxyl groups is 1. The first-order chi connectivity index (χ1) is 7.00. The van der Waals surface area contributed by atoms with Crippen molar-refractivity contribution in [2.45, 2.75) is 30.4 Å². The molecule has 0 aromatic heterocycles. The first-order valence-corrected chi connectivity index (χ1v) is 6.47. The van der Waals surface area contributed by atoms with Crippen LogP contribution in [0.15, 0.2) is 29.2 Å². The van der Waals surface area contributed by atoms with E-state index in [1.54, 1.807) is 38.1 Å². The Morgan fingerprint density at radius 1 is 1.27 bits per heavy atom. The molecule has 0 bridgehead atoms. The third-order valence-corrected chi connectivity index (χ3v) is 4.53. The molecule has 0 aliphatic heterocycles. The van der Waals surface area contributed by atoms with Gasteiger partial charge in [-0.3, -0.25) is 0 Å². The van der Waals surface area contributed by atoms with Crippen LogP contribution < -0.4 is 0 Å². The van der Waals surface area contributed by atoms with Gasteiger partial charge in [0, 0.05) is 6.61 Å². The number of benzene rings is 1. The maximum Gasteiger partial charge on any atom is 0.180 e. The summed E-state index contributed by atoms with van der Waals surface area (Å²) in [5, 5.41) is 8.42. The number of sulfone groups is 1. The third-order valence-electron chi connectivity index (χ3n) is 2.28. The Morgan fingerprint density at radius 3 is 2.40 bits per heavy atom. The van der Waals surface area contributed by atoms with Crippen LogP contribution in [0, 0.1) is 0 Å². The molecule has 0 spiro atoms. The molecular weight excluding hydrogens is 212 g/mol. The van der Waals surface area contributed by atoms with Crippen molar-refractivity contribution in [3.8, 4) is 0 Å². The molecule has 0 atom stereocenters. The second-order valence-electron chi connectivity index (χ2n) is 3.68. The second kappa shape index (κ2) is 4.77. The standard InChI is InChI=1S/C11H16O3S/c1-9(2)15(13,14)11-6-4-3-5-10(11)7-8-12/h3-6,9,12H,7-8H2,1-2H3. The van der Waals surface area contributed by atoms with E-state index < -0.39 is 15.1 Å². The van der Waals surface area contributed by atoms with Gasteiger partial charge in [-0.15, -0.1) is 0 Å². The van der Waals surface area contributed by atoms with E-state index in [1.165, 1.54) is 0 Å². The van der Waals surface area contributed by atoms with Gasteiger partial charge < -0.3 is 5.11 Å². The molecule has 15 heavy (non-hydrogen) atoms. The molecule has 0 amide bonds. The van der Waals surface area contributed by atoms with Gasteiger partial charge in [-0.05, 0) is 31.9 Å². The van der Waals surface area contributed by atoms with Crippen molar-refractivity contribution in [1.29, 1.82) is 0 Å². The summed E-state index contributed by atoms with van der Waals surface area (Å²) in [5.41, 5.74) is 0.689. The largest absolute Gasteiger partial charge is 0.396 e. The summed E-state index contributed by atoms with van der Waals surface area (Å²) in [6.45, 7) is 3.28. The minimum atomic E-state index is -3.24. The van der Waals surface area contributed by atoms with Gasteiger partial charge in [-0.25, -0.2) is 8.42 Å². The Hall–Kier alpha value is -0.870. The highest BCUT2D eigenvalue weighted by atomic mass is 32.2. The smallest absolute Gasteiger partial charge is 0.180 e. The minimum absolute atomic E-state index is 0.0371. The van der Waals surface area contributed by atoms with E-state index in [0.29, 0.717) is 16.9 Å². The molecule has 0 heterocycles. The third kappa shape index (κ3) is 2.58. The monoisotopic (exact) mass is 228 g/mol. The molecule has 1 rings (SSSR count). The molecule has 3 nitrogen and oxygen atoms in total. The zero-order valence-electron chi connectivity index (χ0n) is 8.97. The van der Waals surface area contributed by atoms with Crippen molar-refractivity contribution in [2.75, 3.05) is 6.61 Å². The van der Waals surface area contributed by atoms with Gasteiger partial charge in [-0.2, -0.15) is 0 Å². The van der Waals surface area contributed by atoms with Crippen molar-refractivity contribution in [2.24, 2.45) is 0 Å². The Labute approximate surface area is 90.7 Å². The number of hydrogen-bond acceptors (Lipinski definition) is 3. The first-order valence-electron chi connectivity index (χ1n) is 4.92. The second-order valence-corrected chi connectivity index (χ2v) is 6.15. The van der Waals surface area contributed by atoms with E-state index in [9.17, 15) is 8.42 Å². The van der Waals surface area contributed by atoms with Gasteiger partial charge in [0.05, 0.1) is 10.1 Å². The highest BCUT2D eigenvalue weighted by Crippen LogP contribution is 2.20. The minimum Gasteiger partial charge on any atom is -0.396 e. The van der Waals surface area contributed by atoms with Crippen LogP contribution in [0.2, 0.25) is 0 Å². The topological polar surface area (TPSA) is 54.4 Å². The van der Waals surface area contributed by atoms with E-state index in [2.05, 4.69) is 0 Å². The molecule has 0 saturated heterocycles. The zero-order valence-corrected chi connectivity index (χ0v) is 9.79. The van der Waals surface area contributed by atoms with Crippen LogP contribution in [-0.4, -0.2) is 25.4 Å². The molecule has 1 N–H and O–H groups in total. The van der Waals surface area contributed by atoms with Gasteiger partial charge in [0.2, 0.25) is 0 Å². The average Bonchev–Trinajstić information content (AvgIpc) is 2.18. The van der Waals surface area contributed by atoms with E-state index in [4.69, 9.17) is 5.11 Å². The van der Waals surface area contributed by atoms with Gasteiger partial charge in [0.25, 0.3) is 0 Å². The molecule has 4 heteroatoms. The highest BCUT2D eigenvalue weighted by molar-refractivity contribution is 7.92. The Kier molecular flexibility index (Phi) is 3.88. The number of rotatable bonds is 4. The Morgan fingerprint density at radius 2 is 1.87 bits per heavy atom. The molecule has 1 aromatic rings. The SMILES string of the molecule is CC(C)S(=O)(=O)c1ccccc1CCO. The lowest BCUT2D eigenvalue weighted by Crippen LogP contribution is -2.16. The van der Waals surface area contributed by atoms with Crippen LogP contribution in [0.5, 0.6) is 0 Å². The zero-order chi connectivity index (χ0) is 11.5. The highest BCUT2D eigenvalue weighted by Gasteiger charge is 2.21. The van der Waals surface area contributed by atoms with Crippen molar-refractivity contribution in [3.63, 3.8) is 0 Å². The number of hydrogen-bond donors (Lipinski definition) is 1. The van der Waals surface area contributed by atoms with Gasteiger partial charge in [-0.1, -0.05) is 18.2 Å². The van der Waals surface area contributed by atoms with Crippen LogP contribution in [0.4, 0.5) is 0 Å². The first kappa shape index (κ1) is 12.2. The summed E-state index contributed by atoms with van der Waals surface area (Å²) in [4.78, 5) is 0.342. The predicted molar refractivity (Wildman–Crippen MR) is 59.6 cm³/mol. The summed E-state index contributed by atoms with van der Waals surface area (Å²) in [5.74, 6) is 0. The van der Waals surface area contributed by atoms with E-state index in [1.807, 2.05) is 0 Å². The predicted octanol–water partition coefficient (Wildman–Crippen LogP) is 1.40. The van der Waals surface area contributed by atoms with Crippen LogP contribution in [0.25, 0.3) is 0 Å². The maximum absolute atomic E-state index is 11.9. The lowest BCUT2D eigenvalue weighted by molar-refractivity contribution is 0.298. The van der Waals surface area contributed by atoms with Gasteiger partial charge >= 0.3 is 0 Å². The van der Waals surface area contributed by atoms with Gasteiger partial charge in [0.1, 0.15) is 0 Å². The fraction of sp³-hybridized carbons (Fsp3) is 0.455. The molecule has 84 valence electrons.